The van der Waals surface area contributed by atoms with E-state index in [-0.39, 0.29) is 24.7 Å². The maximum atomic E-state index is 12.3. The lowest BCUT2D eigenvalue weighted by Gasteiger charge is -2.33. The van der Waals surface area contributed by atoms with Crippen LogP contribution in [0.25, 0.3) is 0 Å². The van der Waals surface area contributed by atoms with Gasteiger partial charge in [-0.1, -0.05) is 0 Å². The summed E-state index contributed by atoms with van der Waals surface area (Å²) in [7, 11) is 1.49. The van der Waals surface area contributed by atoms with E-state index in [1.165, 1.54) is 13.4 Å². The molecular weight excluding hydrogens is 450 g/mol. The molecule has 1 aromatic heterocycles. The van der Waals surface area contributed by atoms with Gasteiger partial charge in [0, 0.05) is 57.0 Å². The van der Waals surface area contributed by atoms with E-state index >= 15 is 0 Å². The number of ether oxygens (including phenoxy) is 3. The molecule has 4 rings (SSSR count). The van der Waals surface area contributed by atoms with Crippen LogP contribution in [0.2, 0.25) is 0 Å². The van der Waals surface area contributed by atoms with Gasteiger partial charge in [-0.2, -0.15) is 0 Å². The van der Waals surface area contributed by atoms with Crippen LogP contribution < -0.4 is 15.0 Å². The smallest absolute Gasteiger partial charge is 0.410 e. The zero-order chi connectivity index (χ0) is 25.0. The third-order valence-corrected chi connectivity index (χ3v) is 5.82. The van der Waals surface area contributed by atoms with Crippen LogP contribution in [0.4, 0.5) is 22.0 Å². The van der Waals surface area contributed by atoms with Gasteiger partial charge < -0.3 is 29.3 Å². The Bertz CT molecular complexity index is 1060. The van der Waals surface area contributed by atoms with Gasteiger partial charge in [0.15, 0.2) is 0 Å². The number of nitrogens with zero attached hydrogens (tertiary/aromatic N) is 4. The predicted molar refractivity (Wildman–Crippen MR) is 131 cm³/mol. The number of hydrogen-bond donors (Lipinski definition) is 1. The normalized spacial score (nSPS) is 16.1. The van der Waals surface area contributed by atoms with Crippen LogP contribution in [-0.4, -0.2) is 71.9 Å². The Morgan fingerprint density at radius 1 is 1.11 bits per heavy atom. The van der Waals surface area contributed by atoms with Gasteiger partial charge in [-0.25, -0.2) is 14.8 Å². The molecule has 2 aliphatic heterocycles. The molecule has 188 valence electrons. The summed E-state index contributed by atoms with van der Waals surface area (Å²) in [5, 5.41) is 2.84. The van der Waals surface area contributed by atoms with Gasteiger partial charge in [-0.05, 0) is 51.0 Å². The lowest BCUT2D eigenvalue weighted by atomic mass is 10.1. The number of benzene rings is 1. The number of rotatable bonds is 6. The highest BCUT2D eigenvalue weighted by atomic mass is 16.6. The van der Waals surface area contributed by atoms with Crippen molar-refractivity contribution in [3.8, 4) is 5.88 Å². The number of nitrogens with one attached hydrogen (secondary N) is 1. The highest BCUT2D eigenvalue weighted by Crippen LogP contribution is 2.36. The Balaban J connectivity index is 1.36. The molecule has 0 atom stereocenters. The summed E-state index contributed by atoms with van der Waals surface area (Å²) < 4.78 is 16.5. The van der Waals surface area contributed by atoms with E-state index in [4.69, 9.17) is 14.2 Å². The Morgan fingerprint density at radius 2 is 1.89 bits per heavy atom. The van der Waals surface area contributed by atoms with Crippen LogP contribution >= 0.6 is 0 Å². The van der Waals surface area contributed by atoms with Crippen molar-refractivity contribution in [2.24, 2.45) is 0 Å². The number of likely N-dealkylation sites (tertiary alicyclic amines) is 1. The van der Waals surface area contributed by atoms with E-state index in [2.05, 4.69) is 20.2 Å². The van der Waals surface area contributed by atoms with Crippen LogP contribution in [0.3, 0.4) is 0 Å². The van der Waals surface area contributed by atoms with Crippen LogP contribution in [0, 0.1) is 0 Å². The molecule has 0 aliphatic carbocycles. The molecule has 2 amide bonds. The van der Waals surface area contributed by atoms with E-state index < -0.39 is 5.60 Å². The molecule has 1 saturated heterocycles. The highest BCUT2D eigenvalue weighted by Gasteiger charge is 2.28. The van der Waals surface area contributed by atoms with Gasteiger partial charge in [0.1, 0.15) is 30.5 Å². The maximum absolute atomic E-state index is 12.3. The Kier molecular flexibility index (Phi) is 7.39. The summed E-state index contributed by atoms with van der Waals surface area (Å²) in [5.41, 5.74) is 2.42. The third-order valence-electron chi connectivity index (χ3n) is 5.82. The molecule has 35 heavy (non-hydrogen) atoms. The quantitative estimate of drug-likeness (QED) is 0.665. The van der Waals surface area contributed by atoms with Crippen molar-refractivity contribution in [1.29, 1.82) is 0 Å². The lowest BCUT2D eigenvalue weighted by molar-refractivity contribution is -0.119. The standard InChI is InChI=1S/C25H33N5O5/c1-25(2,3)35-24(32)29-10-8-19(9-11-29)34-23-14-21(26-16-27-23)30-12-7-17-13-18(5-6-20(17)30)28-22(31)15-33-4/h5-6,13-14,16,19H,7-12,15H2,1-4H3,(H,28,31). The summed E-state index contributed by atoms with van der Waals surface area (Å²) in [6.07, 6.45) is 3.46. The number of hydrogen-bond acceptors (Lipinski definition) is 8. The summed E-state index contributed by atoms with van der Waals surface area (Å²) in [5.74, 6) is 1.09. The molecule has 0 bridgehead atoms. The second-order valence-corrected chi connectivity index (χ2v) is 9.73. The van der Waals surface area contributed by atoms with Crippen molar-refractivity contribution in [2.75, 3.05) is 43.6 Å². The Hall–Kier alpha value is -3.40. The van der Waals surface area contributed by atoms with Crippen LogP contribution in [0.1, 0.15) is 39.2 Å². The Labute approximate surface area is 205 Å². The molecule has 0 spiro atoms. The Morgan fingerprint density at radius 3 is 2.60 bits per heavy atom. The molecule has 1 aromatic carbocycles. The SMILES string of the molecule is COCC(=O)Nc1ccc2c(c1)CCN2c1cc(OC2CCN(C(=O)OC(C)(C)C)CC2)ncn1. The molecule has 10 heteroatoms. The summed E-state index contributed by atoms with van der Waals surface area (Å²) in [4.78, 5) is 36.7. The molecule has 10 nitrogen and oxygen atoms in total. The molecular formula is C25H33N5O5. The van der Waals surface area contributed by atoms with Crippen molar-refractivity contribution >= 4 is 29.2 Å². The second kappa shape index (κ2) is 10.5. The molecule has 3 heterocycles. The topological polar surface area (TPSA) is 106 Å². The largest absolute Gasteiger partial charge is 0.474 e. The molecule has 0 unspecified atom stereocenters. The van der Waals surface area contributed by atoms with Gasteiger partial charge in [-0.15, -0.1) is 0 Å². The number of anilines is 3. The van der Waals surface area contributed by atoms with Crippen molar-refractivity contribution in [2.45, 2.75) is 51.7 Å². The van der Waals surface area contributed by atoms with Crippen LogP contribution in [0.15, 0.2) is 30.6 Å². The minimum absolute atomic E-state index is 0.0208. The number of methoxy groups -OCH3 is 1. The van der Waals surface area contributed by atoms with Crippen molar-refractivity contribution < 1.29 is 23.8 Å². The minimum Gasteiger partial charge on any atom is -0.474 e. The summed E-state index contributed by atoms with van der Waals surface area (Å²) in [6.45, 7) is 7.56. The third kappa shape index (κ3) is 6.39. The van der Waals surface area contributed by atoms with E-state index in [0.717, 1.165) is 35.7 Å². The van der Waals surface area contributed by atoms with Gasteiger partial charge in [0.05, 0.1) is 0 Å². The first-order valence-corrected chi connectivity index (χ1v) is 11.9. The molecule has 2 aliphatic rings. The number of carbonyl (C=O) groups excluding carboxylic acids is 2. The molecule has 0 saturated carbocycles. The average molecular weight is 484 g/mol. The van der Waals surface area contributed by atoms with E-state index in [9.17, 15) is 9.59 Å². The average Bonchev–Trinajstić information content (AvgIpc) is 3.22. The first kappa shape index (κ1) is 24.7. The first-order valence-electron chi connectivity index (χ1n) is 11.9. The monoisotopic (exact) mass is 483 g/mol. The van der Waals surface area contributed by atoms with Crippen molar-refractivity contribution in [3.05, 3.63) is 36.2 Å². The number of piperidine rings is 1. The molecule has 1 fully saturated rings. The number of fused-ring (bicyclic) bond motifs is 1. The minimum atomic E-state index is -0.504. The first-order chi connectivity index (χ1) is 16.7. The van der Waals surface area contributed by atoms with Gasteiger partial charge >= 0.3 is 6.09 Å². The van der Waals surface area contributed by atoms with E-state index in [0.29, 0.717) is 31.8 Å². The van der Waals surface area contributed by atoms with Gasteiger partial charge in [0.2, 0.25) is 11.8 Å². The molecule has 2 aromatic rings. The van der Waals surface area contributed by atoms with Crippen LogP contribution in [-0.2, 0) is 20.7 Å². The number of amides is 2. The van der Waals surface area contributed by atoms with Crippen LogP contribution in [0.5, 0.6) is 5.88 Å². The van der Waals surface area contributed by atoms with E-state index in [1.807, 2.05) is 45.0 Å². The summed E-state index contributed by atoms with van der Waals surface area (Å²) in [6, 6.07) is 7.70. The fourth-order valence-corrected chi connectivity index (χ4v) is 4.24. The zero-order valence-electron chi connectivity index (χ0n) is 20.7. The fourth-order valence-electron chi connectivity index (χ4n) is 4.24. The lowest BCUT2D eigenvalue weighted by Crippen LogP contribution is -2.44. The number of aromatic nitrogens is 2. The predicted octanol–water partition coefficient (Wildman–Crippen LogP) is 3.53. The number of carbonyl (C=O) groups is 2. The maximum Gasteiger partial charge on any atom is 0.410 e. The fraction of sp³-hybridized carbons (Fsp3) is 0.520. The van der Waals surface area contributed by atoms with Crippen molar-refractivity contribution in [3.63, 3.8) is 0 Å². The highest BCUT2D eigenvalue weighted by molar-refractivity contribution is 5.92. The summed E-state index contributed by atoms with van der Waals surface area (Å²) >= 11 is 0. The second-order valence-electron chi connectivity index (χ2n) is 9.73. The molecule has 0 radical (unpaired) electrons. The van der Waals surface area contributed by atoms with E-state index in [1.54, 1.807) is 4.90 Å². The zero-order valence-corrected chi connectivity index (χ0v) is 20.7. The van der Waals surface area contributed by atoms with Crippen molar-refractivity contribution in [1.82, 2.24) is 14.9 Å². The van der Waals surface area contributed by atoms with Gasteiger partial charge in [-0.3, -0.25) is 4.79 Å². The molecule has 1 N–H and O–H groups in total. The van der Waals surface area contributed by atoms with Gasteiger partial charge in [0.25, 0.3) is 0 Å².